The maximum atomic E-state index is 3.75. The Labute approximate surface area is 112 Å². The van der Waals surface area contributed by atoms with Crippen LogP contribution in [0.2, 0.25) is 0 Å². The number of rotatable bonds is 3. The second-order valence-electron chi connectivity index (χ2n) is 6.04. The lowest BCUT2D eigenvalue weighted by molar-refractivity contribution is 0.409. The van der Waals surface area contributed by atoms with E-state index in [1.54, 1.807) is 11.1 Å². The molecule has 1 heteroatoms. The van der Waals surface area contributed by atoms with Gasteiger partial charge in [0.2, 0.25) is 0 Å². The van der Waals surface area contributed by atoms with Gasteiger partial charge >= 0.3 is 0 Å². The molecule has 18 heavy (non-hydrogen) atoms. The number of benzene rings is 1. The van der Waals surface area contributed by atoms with Gasteiger partial charge in [0.05, 0.1) is 0 Å². The third-order valence-corrected chi connectivity index (χ3v) is 4.19. The van der Waals surface area contributed by atoms with Crippen molar-refractivity contribution in [1.82, 2.24) is 5.32 Å². The average molecular weight is 245 g/mol. The second-order valence-corrected chi connectivity index (χ2v) is 6.04. The van der Waals surface area contributed by atoms with Crippen LogP contribution in [0, 0.1) is 19.8 Å². The summed E-state index contributed by atoms with van der Waals surface area (Å²) in [7, 11) is 0. The quantitative estimate of drug-likeness (QED) is 0.782. The molecule has 0 saturated carbocycles. The fourth-order valence-corrected chi connectivity index (χ4v) is 3.23. The summed E-state index contributed by atoms with van der Waals surface area (Å²) < 4.78 is 0. The average Bonchev–Trinajstić information content (AvgIpc) is 2.47. The van der Waals surface area contributed by atoms with Crippen LogP contribution in [0.4, 0.5) is 0 Å². The zero-order valence-electron chi connectivity index (χ0n) is 12.3. The number of nitrogens with one attached hydrogen (secondary N) is 1. The first-order valence-electron chi connectivity index (χ1n) is 7.45. The minimum absolute atomic E-state index is 0.566. The summed E-state index contributed by atoms with van der Waals surface area (Å²) in [4.78, 5) is 0. The van der Waals surface area contributed by atoms with E-state index in [1.807, 2.05) is 0 Å². The topological polar surface area (TPSA) is 12.0 Å². The molecule has 0 spiro atoms. The zero-order chi connectivity index (χ0) is 13.1. The number of hydrogen-bond acceptors (Lipinski definition) is 1. The van der Waals surface area contributed by atoms with Gasteiger partial charge in [-0.25, -0.2) is 0 Å². The summed E-state index contributed by atoms with van der Waals surface area (Å²) in [5.41, 5.74) is 6.08. The SMILES string of the molecule is CCCNC1CC(C)CCc2c(C)cc(C)cc21. The molecule has 0 radical (unpaired) electrons. The molecular formula is C17H27N. The van der Waals surface area contributed by atoms with Gasteiger partial charge in [-0.1, -0.05) is 31.5 Å². The summed E-state index contributed by atoms with van der Waals surface area (Å²) in [5.74, 6) is 0.825. The number of aryl methyl sites for hydroxylation is 2. The Morgan fingerprint density at radius 1 is 1.28 bits per heavy atom. The van der Waals surface area contributed by atoms with Crippen molar-refractivity contribution in [2.75, 3.05) is 6.54 Å². The van der Waals surface area contributed by atoms with Gasteiger partial charge < -0.3 is 5.32 Å². The van der Waals surface area contributed by atoms with Crippen LogP contribution in [0.15, 0.2) is 12.1 Å². The first kappa shape index (κ1) is 13.6. The van der Waals surface area contributed by atoms with Gasteiger partial charge in [-0.2, -0.15) is 0 Å². The van der Waals surface area contributed by atoms with Gasteiger partial charge in [0, 0.05) is 6.04 Å². The van der Waals surface area contributed by atoms with Crippen molar-refractivity contribution in [2.45, 2.75) is 59.4 Å². The van der Waals surface area contributed by atoms with Gasteiger partial charge in [-0.3, -0.25) is 0 Å². The third kappa shape index (κ3) is 2.95. The molecule has 0 fully saturated rings. The van der Waals surface area contributed by atoms with E-state index in [4.69, 9.17) is 0 Å². The molecule has 1 nitrogen and oxygen atoms in total. The Morgan fingerprint density at radius 3 is 2.78 bits per heavy atom. The van der Waals surface area contributed by atoms with E-state index in [0.29, 0.717) is 6.04 Å². The highest BCUT2D eigenvalue weighted by atomic mass is 14.9. The zero-order valence-corrected chi connectivity index (χ0v) is 12.3. The number of fused-ring (bicyclic) bond motifs is 1. The van der Waals surface area contributed by atoms with E-state index >= 15 is 0 Å². The minimum atomic E-state index is 0.566. The van der Waals surface area contributed by atoms with Crippen molar-refractivity contribution < 1.29 is 0 Å². The molecule has 0 amide bonds. The van der Waals surface area contributed by atoms with Gasteiger partial charge in [-0.15, -0.1) is 0 Å². The Hall–Kier alpha value is -0.820. The second kappa shape index (κ2) is 5.88. The molecule has 0 aromatic heterocycles. The molecule has 1 aromatic rings. The fraction of sp³-hybridized carbons (Fsp3) is 0.647. The first-order chi connectivity index (χ1) is 8.61. The van der Waals surface area contributed by atoms with Crippen molar-refractivity contribution >= 4 is 0 Å². The maximum absolute atomic E-state index is 3.75. The highest BCUT2D eigenvalue weighted by Crippen LogP contribution is 2.34. The highest BCUT2D eigenvalue weighted by molar-refractivity contribution is 5.41. The van der Waals surface area contributed by atoms with Crippen LogP contribution < -0.4 is 5.32 Å². The lowest BCUT2D eigenvalue weighted by Crippen LogP contribution is -2.24. The van der Waals surface area contributed by atoms with Gasteiger partial charge in [-0.05, 0) is 68.7 Å². The van der Waals surface area contributed by atoms with Crippen LogP contribution in [-0.2, 0) is 6.42 Å². The molecule has 2 rings (SSSR count). The number of hydrogen-bond donors (Lipinski definition) is 1. The van der Waals surface area contributed by atoms with E-state index in [-0.39, 0.29) is 0 Å². The maximum Gasteiger partial charge on any atom is 0.0325 e. The lowest BCUT2D eigenvalue weighted by Gasteiger charge is -2.22. The van der Waals surface area contributed by atoms with Crippen molar-refractivity contribution in [1.29, 1.82) is 0 Å². The normalized spacial score (nSPS) is 23.6. The molecule has 2 atom stereocenters. The van der Waals surface area contributed by atoms with E-state index in [1.165, 1.54) is 36.8 Å². The van der Waals surface area contributed by atoms with Crippen LogP contribution in [0.5, 0.6) is 0 Å². The Kier molecular flexibility index (Phi) is 4.45. The van der Waals surface area contributed by atoms with Crippen LogP contribution in [0.25, 0.3) is 0 Å². The van der Waals surface area contributed by atoms with Crippen LogP contribution in [0.3, 0.4) is 0 Å². The predicted molar refractivity (Wildman–Crippen MR) is 79.1 cm³/mol. The molecule has 1 aliphatic rings. The van der Waals surface area contributed by atoms with Crippen LogP contribution >= 0.6 is 0 Å². The Morgan fingerprint density at radius 2 is 2.06 bits per heavy atom. The van der Waals surface area contributed by atoms with Crippen molar-refractivity contribution in [2.24, 2.45) is 5.92 Å². The summed E-state index contributed by atoms with van der Waals surface area (Å²) in [6, 6.07) is 5.32. The summed E-state index contributed by atoms with van der Waals surface area (Å²) in [6.07, 6.45) is 5.09. The van der Waals surface area contributed by atoms with Gasteiger partial charge in [0.1, 0.15) is 0 Å². The first-order valence-corrected chi connectivity index (χ1v) is 7.45. The Balaban J connectivity index is 2.36. The van der Waals surface area contributed by atoms with Crippen LogP contribution in [0.1, 0.15) is 61.4 Å². The molecule has 0 heterocycles. The van der Waals surface area contributed by atoms with Gasteiger partial charge in [0.15, 0.2) is 0 Å². The largest absolute Gasteiger partial charge is 0.310 e. The van der Waals surface area contributed by atoms with E-state index in [9.17, 15) is 0 Å². The summed E-state index contributed by atoms with van der Waals surface area (Å²) >= 11 is 0. The summed E-state index contributed by atoms with van der Waals surface area (Å²) in [5, 5.41) is 3.75. The molecule has 100 valence electrons. The van der Waals surface area contributed by atoms with Gasteiger partial charge in [0.25, 0.3) is 0 Å². The molecular weight excluding hydrogens is 218 g/mol. The van der Waals surface area contributed by atoms with Crippen molar-refractivity contribution in [3.05, 3.63) is 34.4 Å². The Bertz CT molecular complexity index is 408. The lowest BCUT2D eigenvalue weighted by atomic mass is 9.92. The van der Waals surface area contributed by atoms with E-state index in [2.05, 4.69) is 45.1 Å². The van der Waals surface area contributed by atoms with Crippen molar-refractivity contribution in [3.8, 4) is 0 Å². The standard InChI is InChI=1S/C17H27N/c1-5-8-18-17-11-12(2)6-7-15-14(4)9-13(3)10-16(15)17/h9-10,12,17-18H,5-8,11H2,1-4H3. The third-order valence-electron chi connectivity index (χ3n) is 4.19. The van der Waals surface area contributed by atoms with E-state index < -0.39 is 0 Å². The molecule has 0 bridgehead atoms. The summed E-state index contributed by atoms with van der Waals surface area (Å²) in [6.45, 7) is 10.3. The highest BCUT2D eigenvalue weighted by Gasteiger charge is 2.23. The van der Waals surface area contributed by atoms with Crippen molar-refractivity contribution in [3.63, 3.8) is 0 Å². The predicted octanol–water partition coefficient (Wildman–Crippen LogP) is 4.32. The smallest absolute Gasteiger partial charge is 0.0325 e. The monoisotopic (exact) mass is 245 g/mol. The molecule has 1 aromatic carbocycles. The molecule has 0 saturated heterocycles. The fourth-order valence-electron chi connectivity index (χ4n) is 3.23. The van der Waals surface area contributed by atoms with E-state index in [0.717, 1.165) is 12.5 Å². The minimum Gasteiger partial charge on any atom is -0.310 e. The molecule has 0 aliphatic heterocycles. The molecule has 2 unspecified atom stereocenters. The molecule has 1 aliphatic carbocycles. The van der Waals surface area contributed by atoms with Crippen LogP contribution in [-0.4, -0.2) is 6.54 Å². The molecule has 1 N–H and O–H groups in total.